The number of rotatable bonds is 4. The van der Waals surface area contributed by atoms with Gasteiger partial charge in [-0.3, -0.25) is 0 Å². The van der Waals surface area contributed by atoms with Crippen LogP contribution in [-0.4, -0.2) is 0 Å². The molecule has 14 heavy (non-hydrogen) atoms. The summed E-state index contributed by atoms with van der Waals surface area (Å²) in [7, 11) is 0. The quantitative estimate of drug-likeness (QED) is 0.646. The van der Waals surface area contributed by atoms with E-state index in [1.54, 1.807) is 0 Å². The van der Waals surface area contributed by atoms with Gasteiger partial charge < -0.3 is 0 Å². The predicted molar refractivity (Wildman–Crippen MR) is 60.4 cm³/mol. The zero-order valence-electron chi connectivity index (χ0n) is 9.93. The van der Waals surface area contributed by atoms with Crippen LogP contribution in [0.4, 0.5) is 0 Å². The first-order valence-corrected chi connectivity index (χ1v) is 5.68. The Hall–Kier alpha value is -0.850. The van der Waals surface area contributed by atoms with Crippen molar-refractivity contribution in [2.75, 3.05) is 0 Å². The van der Waals surface area contributed by atoms with Gasteiger partial charge in [0, 0.05) is 24.0 Å². The summed E-state index contributed by atoms with van der Waals surface area (Å²) in [6.07, 6.45) is 5.96. The summed E-state index contributed by atoms with van der Waals surface area (Å²) in [4.78, 5) is 0. The Kier molecular flexibility index (Phi) is 4.12. The lowest BCUT2D eigenvalue weighted by atomic mass is 10.1. The summed E-state index contributed by atoms with van der Waals surface area (Å²) in [5.74, 6) is 0. The lowest BCUT2D eigenvalue weighted by molar-refractivity contribution is -0.705. The zero-order valence-corrected chi connectivity index (χ0v) is 9.93. The van der Waals surface area contributed by atoms with Crippen LogP contribution < -0.4 is 4.57 Å². The van der Waals surface area contributed by atoms with Gasteiger partial charge in [0.2, 0.25) is 0 Å². The number of hydrogen-bond donors (Lipinski definition) is 0. The zero-order chi connectivity index (χ0) is 10.6. The van der Waals surface area contributed by atoms with Crippen molar-refractivity contribution in [2.45, 2.75) is 53.5 Å². The third-order valence-corrected chi connectivity index (χ3v) is 2.69. The molecular formula is C13H22N+. The molecule has 0 atom stereocenters. The van der Waals surface area contributed by atoms with Crippen LogP contribution in [0.3, 0.4) is 0 Å². The predicted octanol–water partition coefficient (Wildman–Crippen LogP) is 2.95. The van der Waals surface area contributed by atoms with Crippen LogP contribution >= 0.6 is 0 Å². The van der Waals surface area contributed by atoms with Crippen molar-refractivity contribution >= 4 is 0 Å². The first-order valence-electron chi connectivity index (χ1n) is 5.68. The molecule has 1 rings (SSSR count). The molecule has 1 aromatic rings. The standard InChI is InChI=1S/C13H22N/c1-5-7-8-14-10-11(3)9-12(4)13(14)6-2/h9-10H,5-8H2,1-4H3/q+1. The monoisotopic (exact) mass is 192 g/mol. The van der Waals surface area contributed by atoms with Gasteiger partial charge in [-0.25, -0.2) is 4.57 Å². The Bertz CT molecular complexity index is 302. The number of hydrogen-bond acceptors (Lipinski definition) is 0. The summed E-state index contributed by atoms with van der Waals surface area (Å²) in [6, 6.07) is 2.28. The van der Waals surface area contributed by atoms with Crippen LogP contribution in [0.2, 0.25) is 0 Å². The first kappa shape index (κ1) is 11.2. The molecular weight excluding hydrogens is 170 g/mol. The van der Waals surface area contributed by atoms with E-state index in [9.17, 15) is 0 Å². The van der Waals surface area contributed by atoms with E-state index in [-0.39, 0.29) is 0 Å². The molecule has 0 fully saturated rings. The molecule has 0 saturated heterocycles. The highest BCUT2D eigenvalue weighted by molar-refractivity contribution is 5.18. The van der Waals surface area contributed by atoms with Gasteiger partial charge in [0.05, 0.1) is 0 Å². The van der Waals surface area contributed by atoms with Crippen molar-refractivity contribution in [2.24, 2.45) is 0 Å². The molecule has 0 spiro atoms. The maximum atomic E-state index is 2.42. The Labute approximate surface area is 87.8 Å². The van der Waals surface area contributed by atoms with Crippen molar-refractivity contribution in [3.8, 4) is 0 Å². The largest absolute Gasteiger partial charge is 0.202 e. The Morgan fingerprint density at radius 2 is 1.93 bits per heavy atom. The van der Waals surface area contributed by atoms with E-state index in [2.05, 4.69) is 44.5 Å². The molecule has 0 bridgehead atoms. The fourth-order valence-electron chi connectivity index (χ4n) is 2.02. The van der Waals surface area contributed by atoms with Gasteiger partial charge in [-0.15, -0.1) is 0 Å². The van der Waals surface area contributed by atoms with Crippen molar-refractivity contribution in [3.05, 3.63) is 29.1 Å². The average Bonchev–Trinajstić information content (AvgIpc) is 2.14. The van der Waals surface area contributed by atoms with Crippen LogP contribution in [0.5, 0.6) is 0 Å². The second-order valence-electron chi connectivity index (χ2n) is 4.05. The highest BCUT2D eigenvalue weighted by Crippen LogP contribution is 2.06. The minimum absolute atomic E-state index is 1.13. The molecule has 0 aliphatic rings. The van der Waals surface area contributed by atoms with Crippen molar-refractivity contribution in [1.29, 1.82) is 0 Å². The second-order valence-corrected chi connectivity index (χ2v) is 4.05. The smallest absolute Gasteiger partial charge is 0.183 e. The van der Waals surface area contributed by atoms with Gasteiger partial charge in [-0.2, -0.15) is 0 Å². The van der Waals surface area contributed by atoms with Crippen molar-refractivity contribution in [1.82, 2.24) is 0 Å². The molecule has 1 aromatic heterocycles. The van der Waals surface area contributed by atoms with Crippen LogP contribution in [0, 0.1) is 13.8 Å². The lowest BCUT2D eigenvalue weighted by Gasteiger charge is -2.06. The molecule has 1 heterocycles. The minimum atomic E-state index is 1.13. The molecule has 0 saturated carbocycles. The molecule has 0 aliphatic carbocycles. The van der Waals surface area contributed by atoms with Gasteiger partial charge in [0.15, 0.2) is 11.9 Å². The van der Waals surface area contributed by atoms with E-state index in [1.807, 2.05) is 0 Å². The van der Waals surface area contributed by atoms with Gasteiger partial charge >= 0.3 is 0 Å². The van der Waals surface area contributed by atoms with Gasteiger partial charge in [0.25, 0.3) is 0 Å². The minimum Gasteiger partial charge on any atom is -0.202 e. The van der Waals surface area contributed by atoms with E-state index in [0.29, 0.717) is 0 Å². The molecule has 1 nitrogen and oxygen atoms in total. The van der Waals surface area contributed by atoms with Crippen LogP contribution in [0.1, 0.15) is 43.5 Å². The SMILES string of the molecule is CCCC[n+]1cc(C)cc(C)c1CC. The summed E-state index contributed by atoms with van der Waals surface area (Å²) in [5.41, 5.74) is 4.29. The molecule has 0 N–H and O–H groups in total. The van der Waals surface area contributed by atoms with Gasteiger partial charge in [-0.05, 0) is 19.9 Å². The molecule has 1 heteroatoms. The number of aromatic nitrogens is 1. The lowest BCUT2D eigenvalue weighted by Crippen LogP contribution is -2.39. The molecule has 0 radical (unpaired) electrons. The average molecular weight is 192 g/mol. The van der Waals surface area contributed by atoms with Crippen molar-refractivity contribution < 1.29 is 4.57 Å². The fraction of sp³-hybridized carbons (Fsp3) is 0.615. The molecule has 0 amide bonds. The maximum Gasteiger partial charge on any atom is 0.183 e. The van der Waals surface area contributed by atoms with Crippen LogP contribution in [0.15, 0.2) is 12.3 Å². The molecule has 0 unspecified atom stereocenters. The number of nitrogens with zero attached hydrogens (tertiary/aromatic N) is 1. The Morgan fingerprint density at radius 1 is 1.21 bits per heavy atom. The van der Waals surface area contributed by atoms with E-state index in [4.69, 9.17) is 0 Å². The maximum absolute atomic E-state index is 2.42. The van der Waals surface area contributed by atoms with Gasteiger partial charge in [-0.1, -0.05) is 20.3 Å². The second kappa shape index (κ2) is 5.14. The molecule has 0 aromatic carbocycles. The highest BCUT2D eigenvalue weighted by Gasteiger charge is 2.11. The topological polar surface area (TPSA) is 3.88 Å². The third-order valence-electron chi connectivity index (χ3n) is 2.69. The fourth-order valence-corrected chi connectivity index (χ4v) is 2.02. The van der Waals surface area contributed by atoms with E-state index in [1.165, 1.54) is 36.2 Å². The Balaban J connectivity index is 2.99. The summed E-state index contributed by atoms with van der Waals surface area (Å²) >= 11 is 0. The van der Waals surface area contributed by atoms with Gasteiger partial charge in [0.1, 0.15) is 6.54 Å². The van der Waals surface area contributed by atoms with Crippen molar-refractivity contribution in [3.63, 3.8) is 0 Å². The molecule has 0 aliphatic heterocycles. The van der Waals surface area contributed by atoms with E-state index in [0.717, 1.165) is 6.42 Å². The third kappa shape index (κ3) is 2.57. The summed E-state index contributed by atoms with van der Waals surface area (Å²) in [5, 5.41) is 0. The number of unbranched alkanes of at least 4 members (excludes halogenated alkanes) is 1. The summed E-state index contributed by atoms with van der Waals surface area (Å²) in [6.45, 7) is 10.0. The normalized spacial score (nSPS) is 10.6. The number of aryl methyl sites for hydroxylation is 3. The highest BCUT2D eigenvalue weighted by atomic mass is 15.0. The first-order chi connectivity index (χ1) is 6.69. The van der Waals surface area contributed by atoms with Crippen LogP contribution in [-0.2, 0) is 13.0 Å². The molecule has 78 valence electrons. The Morgan fingerprint density at radius 3 is 2.50 bits per heavy atom. The van der Waals surface area contributed by atoms with E-state index >= 15 is 0 Å². The van der Waals surface area contributed by atoms with E-state index < -0.39 is 0 Å². The van der Waals surface area contributed by atoms with Crippen LogP contribution in [0.25, 0.3) is 0 Å². The number of pyridine rings is 1. The summed E-state index contributed by atoms with van der Waals surface area (Å²) < 4.78 is 2.42.